The lowest BCUT2D eigenvalue weighted by Gasteiger charge is -2.37. The van der Waals surface area contributed by atoms with E-state index in [0.717, 1.165) is 17.8 Å². The van der Waals surface area contributed by atoms with Gasteiger partial charge < -0.3 is 16.0 Å². The maximum atomic E-state index is 12.8. The maximum absolute atomic E-state index is 12.8. The van der Waals surface area contributed by atoms with Crippen LogP contribution in [0.1, 0.15) is 37.7 Å². The number of rotatable bonds is 3. The van der Waals surface area contributed by atoms with Crippen molar-refractivity contribution in [1.82, 2.24) is 5.32 Å². The first-order valence-corrected chi connectivity index (χ1v) is 8.10. The minimum Gasteiger partial charge on any atom is -0.352 e. The quantitative estimate of drug-likeness (QED) is 0.898. The average Bonchev–Trinajstić information content (AvgIpc) is 2.52. The molecule has 1 aromatic rings. The van der Waals surface area contributed by atoms with Crippen molar-refractivity contribution in [3.8, 4) is 0 Å². The van der Waals surface area contributed by atoms with E-state index in [9.17, 15) is 9.59 Å². The second kappa shape index (κ2) is 6.38. The van der Waals surface area contributed by atoms with Crippen LogP contribution in [0, 0.1) is 5.92 Å². The molecule has 5 heteroatoms. The van der Waals surface area contributed by atoms with Crippen molar-refractivity contribution in [1.29, 1.82) is 0 Å². The van der Waals surface area contributed by atoms with Gasteiger partial charge in [-0.1, -0.05) is 37.5 Å². The number of benzene rings is 1. The number of nitrogens with one attached hydrogen (secondary N) is 1. The Balaban J connectivity index is 1.84. The number of primary amides is 1. The Morgan fingerprint density at radius 1 is 1.23 bits per heavy atom. The van der Waals surface area contributed by atoms with Crippen molar-refractivity contribution in [3.05, 3.63) is 29.8 Å². The van der Waals surface area contributed by atoms with E-state index in [4.69, 9.17) is 5.73 Å². The molecule has 1 heterocycles. The van der Waals surface area contributed by atoms with Crippen LogP contribution in [-0.2, 0) is 11.2 Å². The van der Waals surface area contributed by atoms with Crippen molar-refractivity contribution in [2.24, 2.45) is 11.7 Å². The van der Waals surface area contributed by atoms with E-state index < -0.39 is 12.1 Å². The highest BCUT2D eigenvalue weighted by Gasteiger charge is 2.34. The number of amides is 3. The molecule has 0 unspecified atom stereocenters. The molecule has 1 atom stereocenters. The number of urea groups is 1. The molecule has 0 aromatic heterocycles. The number of hydrogen-bond donors (Lipinski definition) is 2. The van der Waals surface area contributed by atoms with Crippen LogP contribution in [0.25, 0.3) is 0 Å². The first-order valence-electron chi connectivity index (χ1n) is 8.10. The molecule has 2 aliphatic rings. The molecule has 0 saturated heterocycles. The predicted octanol–water partition coefficient (Wildman–Crippen LogP) is 2.19. The van der Waals surface area contributed by atoms with E-state index >= 15 is 0 Å². The lowest BCUT2D eigenvalue weighted by molar-refractivity contribution is -0.120. The number of nitrogens with zero attached hydrogens (tertiary/aromatic N) is 1. The summed E-state index contributed by atoms with van der Waals surface area (Å²) in [4.78, 5) is 25.8. The summed E-state index contributed by atoms with van der Waals surface area (Å²) in [5.41, 5.74) is 7.30. The Labute approximate surface area is 130 Å². The summed E-state index contributed by atoms with van der Waals surface area (Å²) in [6, 6.07) is 6.75. The van der Waals surface area contributed by atoms with Crippen LogP contribution in [0.3, 0.4) is 0 Å². The van der Waals surface area contributed by atoms with Crippen LogP contribution >= 0.6 is 0 Å². The highest BCUT2D eigenvalue weighted by atomic mass is 16.2. The topological polar surface area (TPSA) is 75.4 Å². The van der Waals surface area contributed by atoms with E-state index in [1.165, 1.54) is 32.1 Å². The van der Waals surface area contributed by atoms with Crippen LogP contribution in [0.5, 0.6) is 0 Å². The Kier molecular flexibility index (Phi) is 4.32. The summed E-state index contributed by atoms with van der Waals surface area (Å²) in [7, 11) is 0. The van der Waals surface area contributed by atoms with Crippen LogP contribution in [0.15, 0.2) is 24.3 Å². The molecule has 1 fully saturated rings. The zero-order valence-corrected chi connectivity index (χ0v) is 12.8. The zero-order valence-electron chi connectivity index (χ0n) is 12.8. The predicted molar refractivity (Wildman–Crippen MR) is 85.6 cm³/mol. The average molecular weight is 301 g/mol. The van der Waals surface area contributed by atoms with E-state index in [0.29, 0.717) is 12.3 Å². The SMILES string of the molecule is NC(=O)N[C@@H]1Cc2ccccc2N(CC2CCCCC2)C1=O. The van der Waals surface area contributed by atoms with E-state index in [1.54, 1.807) is 0 Å². The highest BCUT2D eigenvalue weighted by Crippen LogP contribution is 2.31. The molecular formula is C17H23N3O2. The number of carbonyl (C=O) groups is 2. The molecule has 3 N–H and O–H groups in total. The molecule has 3 amide bonds. The maximum Gasteiger partial charge on any atom is 0.312 e. The standard InChI is InChI=1S/C17H23N3O2/c18-17(22)19-14-10-13-8-4-5-9-15(13)20(16(14)21)11-12-6-2-1-3-7-12/h4-5,8-9,12,14H,1-3,6-7,10-11H2,(H3,18,19,22)/t14-/m1/s1. The highest BCUT2D eigenvalue weighted by molar-refractivity contribution is 6.01. The molecule has 3 rings (SSSR count). The molecule has 1 saturated carbocycles. The first kappa shape index (κ1) is 14.9. The molecule has 1 aliphatic heterocycles. The lowest BCUT2D eigenvalue weighted by atomic mass is 9.87. The summed E-state index contributed by atoms with van der Waals surface area (Å²) in [6.45, 7) is 0.743. The monoisotopic (exact) mass is 301 g/mol. The molecule has 5 nitrogen and oxygen atoms in total. The Hall–Kier alpha value is -2.04. The zero-order chi connectivity index (χ0) is 15.5. The third kappa shape index (κ3) is 3.08. The number of para-hydroxylation sites is 1. The van der Waals surface area contributed by atoms with Gasteiger partial charge in [-0.25, -0.2) is 4.79 Å². The third-order valence-corrected chi connectivity index (χ3v) is 4.75. The first-order chi connectivity index (χ1) is 10.6. The van der Waals surface area contributed by atoms with E-state index in [2.05, 4.69) is 5.32 Å². The van der Waals surface area contributed by atoms with Gasteiger partial charge >= 0.3 is 6.03 Å². The molecule has 0 radical (unpaired) electrons. The molecule has 118 valence electrons. The minimum absolute atomic E-state index is 0.0388. The van der Waals surface area contributed by atoms with Gasteiger partial charge in [-0.3, -0.25) is 4.79 Å². The van der Waals surface area contributed by atoms with Crippen molar-refractivity contribution in [3.63, 3.8) is 0 Å². The van der Waals surface area contributed by atoms with Gasteiger partial charge in [0.2, 0.25) is 5.91 Å². The van der Waals surface area contributed by atoms with Crippen LogP contribution in [0.4, 0.5) is 10.5 Å². The van der Waals surface area contributed by atoms with Crippen LogP contribution < -0.4 is 16.0 Å². The van der Waals surface area contributed by atoms with Gasteiger partial charge in [0.15, 0.2) is 0 Å². The molecule has 0 spiro atoms. The van der Waals surface area contributed by atoms with Crippen molar-refractivity contribution < 1.29 is 9.59 Å². The van der Waals surface area contributed by atoms with Gasteiger partial charge in [0.05, 0.1) is 0 Å². The van der Waals surface area contributed by atoms with Crippen molar-refractivity contribution >= 4 is 17.6 Å². The largest absolute Gasteiger partial charge is 0.352 e. The summed E-state index contributed by atoms with van der Waals surface area (Å²) >= 11 is 0. The molecule has 22 heavy (non-hydrogen) atoms. The normalized spacial score (nSPS) is 22.3. The third-order valence-electron chi connectivity index (χ3n) is 4.75. The minimum atomic E-state index is -0.643. The fourth-order valence-electron chi connectivity index (χ4n) is 3.66. The summed E-state index contributed by atoms with van der Waals surface area (Å²) in [6.07, 6.45) is 6.67. The molecule has 0 bridgehead atoms. The number of nitrogens with two attached hydrogens (primary N) is 1. The Morgan fingerprint density at radius 2 is 1.95 bits per heavy atom. The summed E-state index contributed by atoms with van der Waals surface area (Å²) in [5.74, 6) is 0.515. The summed E-state index contributed by atoms with van der Waals surface area (Å²) in [5, 5.41) is 2.59. The molecule has 1 aliphatic carbocycles. The van der Waals surface area contributed by atoms with Gasteiger partial charge in [0.25, 0.3) is 0 Å². The van der Waals surface area contributed by atoms with Gasteiger partial charge in [-0.15, -0.1) is 0 Å². The summed E-state index contributed by atoms with van der Waals surface area (Å²) < 4.78 is 0. The van der Waals surface area contributed by atoms with Crippen molar-refractivity contribution in [2.75, 3.05) is 11.4 Å². The molecular weight excluding hydrogens is 278 g/mol. The lowest BCUT2D eigenvalue weighted by Crippen LogP contribution is -2.55. The second-order valence-electron chi connectivity index (χ2n) is 6.35. The van der Waals surface area contributed by atoms with Gasteiger partial charge in [0, 0.05) is 18.7 Å². The molecule has 1 aromatic carbocycles. The number of carbonyl (C=O) groups excluding carboxylic acids is 2. The van der Waals surface area contributed by atoms with Gasteiger partial charge in [-0.2, -0.15) is 0 Å². The number of fused-ring (bicyclic) bond motifs is 1. The fourth-order valence-corrected chi connectivity index (χ4v) is 3.66. The van der Waals surface area contributed by atoms with Crippen LogP contribution in [-0.4, -0.2) is 24.5 Å². The van der Waals surface area contributed by atoms with Crippen molar-refractivity contribution in [2.45, 2.75) is 44.6 Å². The van der Waals surface area contributed by atoms with Gasteiger partial charge in [0.1, 0.15) is 6.04 Å². The second-order valence-corrected chi connectivity index (χ2v) is 6.35. The number of anilines is 1. The Morgan fingerprint density at radius 3 is 2.68 bits per heavy atom. The van der Waals surface area contributed by atoms with Crippen LogP contribution in [0.2, 0.25) is 0 Å². The van der Waals surface area contributed by atoms with E-state index in [1.807, 2.05) is 29.2 Å². The number of hydrogen-bond acceptors (Lipinski definition) is 2. The Bertz CT molecular complexity index is 567. The van der Waals surface area contributed by atoms with E-state index in [-0.39, 0.29) is 5.91 Å². The fraction of sp³-hybridized carbons (Fsp3) is 0.529. The van der Waals surface area contributed by atoms with Gasteiger partial charge in [-0.05, 0) is 30.4 Å². The smallest absolute Gasteiger partial charge is 0.312 e.